The van der Waals surface area contributed by atoms with Crippen LogP contribution in [0.1, 0.15) is 13.3 Å². The Balaban J connectivity index is 1.92. The monoisotopic (exact) mass is 387 g/mol. The van der Waals surface area contributed by atoms with Gasteiger partial charge in [-0.05, 0) is 24.3 Å². The smallest absolute Gasteiger partial charge is 0.411 e. The molecule has 28 heavy (non-hydrogen) atoms. The molecule has 0 heterocycles. The normalized spacial score (nSPS) is 10.6. The van der Waals surface area contributed by atoms with Crippen molar-refractivity contribution in [2.24, 2.45) is 0 Å². The van der Waals surface area contributed by atoms with Crippen LogP contribution in [0.15, 0.2) is 60.7 Å². The molecule has 2 aromatic rings. The summed E-state index contributed by atoms with van der Waals surface area (Å²) in [7, 11) is 0. The molecule has 0 bridgehead atoms. The Labute approximate surface area is 161 Å². The Morgan fingerprint density at radius 3 is 1.61 bits per heavy atom. The van der Waals surface area contributed by atoms with Crippen LogP contribution in [-0.4, -0.2) is 35.9 Å². The molecule has 2 rings (SSSR count). The lowest BCUT2D eigenvalue weighted by Crippen LogP contribution is -2.48. The number of hydrogen-bond donors (Lipinski definition) is 2. The van der Waals surface area contributed by atoms with Crippen molar-refractivity contribution < 1.29 is 24.0 Å². The fourth-order valence-corrected chi connectivity index (χ4v) is 2.23. The average Bonchev–Trinajstić information content (AvgIpc) is 2.70. The van der Waals surface area contributed by atoms with Gasteiger partial charge in [0.25, 0.3) is 5.54 Å². The van der Waals surface area contributed by atoms with E-state index < -0.39 is 35.9 Å². The number of rotatable bonds is 8. The van der Waals surface area contributed by atoms with E-state index in [0.717, 1.165) is 0 Å². The zero-order chi connectivity index (χ0) is 20.4. The third kappa shape index (κ3) is 5.97. The van der Waals surface area contributed by atoms with Gasteiger partial charge in [-0.2, -0.15) is 0 Å². The number of carbonyl (C=O) groups excluding carboxylic acids is 2. The van der Waals surface area contributed by atoms with Gasteiger partial charge in [0.05, 0.1) is 0 Å². The van der Waals surface area contributed by atoms with Gasteiger partial charge in [-0.3, -0.25) is 20.7 Å². The number of nitro groups is 1. The van der Waals surface area contributed by atoms with Gasteiger partial charge < -0.3 is 9.47 Å². The molecular formula is C19H21N3O6. The van der Waals surface area contributed by atoms with Crippen LogP contribution in [0.25, 0.3) is 0 Å². The van der Waals surface area contributed by atoms with Crippen LogP contribution in [0.4, 0.5) is 21.0 Å². The molecule has 0 spiro atoms. The minimum atomic E-state index is -1.75. The van der Waals surface area contributed by atoms with Crippen molar-refractivity contribution in [1.82, 2.24) is 0 Å². The van der Waals surface area contributed by atoms with Gasteiger partial charge in [-0.15, -0.1) is 0 Å². The van der Waals surface area contributed by atoms with E-state index in [-0.39, 0.29) is 6.42 Å². The maximum atomic E-state index is 11.9. The van der Waals surface area contributed by atoms with Gasteiger partial charge in [-0.25, -0.2) is 9.59 Å². The molecule has 0 aliphatic heterocycles. The fourth-order valence-electron chi connectivity index (χ4n) is 2.23. The molecule has 2 amide bonds. The minimum Gasteiger partial charge on any atom is -0.441 e. The highest BCUT2D eigenvalue weighted by molar-refractivity contribution is 5.85. The Bertz CT molecular complexity index is 740. The van der Waals surface area contributed by atoms with E-state index in [4.69, 9.17) is 9.47 Å². The van der Waals surface area contributed by atoms with Crippen LogP contribution in [0.2, 0.25) is 0 Å². The number of hydrogen-bond acceptors (Lipinski definition) is 6. The molecule has 0 atom stereocenters. The number of nitrogens with zero attached hydrogens (tertiary/aromatic N) is 1. The van der Waals surface area contributed by atoms with Crippen molar-refractivity contribution in [3.05, 3.63) is 70.8 Å². The fraction of sp³-hybridized carbons (Fsp3) is 0.263. The second-order valence-electron chi connectivity index (χ2n) is 5.97. The molecular weight excluding hydrogens is 366 g/mol. The number of amides is 2. The number of para-hydroxylation sites is 2. The van der Waals surface area contributed by atoms with Crippen LogP contribution in [0.3, 0.4) is 0 Å². The zero-order valence-corrected chi connectivity index (χ0v) is 15.3. The average molecular weight is 387 g/mol. The van der Waals surface area contributed by atoms with Gasteiger partial charge >= 0.3 is 12.2 Å². The summed E-state index contributed by atoms with van der Waals surface area (Å²) >= 11 is 0. The molecule has 0 saturated carbocycles. The highest BCUT2D eigenvalue weighted by atomic mass is 16.6. The lowest BCUT2D eigenvalue weighted by atomic mass is 10.00. The molecule has 0 fully saturated rings. The number of ether oxygens (including phenoxy) is 2. The molecule has 0 aliphatic rings. The second kappa shape index (κ2) is 9.91. The molecule has 0 aromatic heterocycles. The largest absolute Gasteiger partial charge is 0.441 e. The Kier molecular flexibility index (Phi) is 7.32. The highest BCUT2D eigenvalue weighted by Crippen LogP contribution is 2.18. The van der Waals surface area contributed by atoms with Gasteiger partial charge in [0.15, 0.2) is 13.2 Å². The predicted octanol–water partition coefficient (Wildman–Crippen LogP) is 3.91. The number of carbonyl (C=O) groups is 2. The molecule has 0 radical (unpaired) electrons. The van der Waals surface area contributed by atoms with Gasteiger partial charge in [0.2, 0.25) is 0 Å². The highest BCUT2D eigenvalue weighted by Gasteiger charge is 2.44. The van der Waals surface area contributed by atoms with Crippen molar-refractivity contribution in [1.29, 1.82) is 0 Å². The first-order valence-electron chi connectivity index (χ1n) is 8.57. The first kappa shape index (κ1) is 20.7. The summed E-state index contributed by atoms with van der Waals surface area (Å²) in [6.07, 6.45) is -1.67. The summed E-state index contributed by atoms with van der Waals surface area (Å²) in [5, 5.41) is 16.5. The summed E-state index contributed by atoms with van der Waals surface area (Å²) in [5.74, 6) is 0. The molecule has 2 N–H and O–H groups in total. The molecule has 9 heteroatoms. The maximum absolute atomic E-state index is 11.9. The number of nitrogens with one attached hydrogen (secondary N) is 2. The topological polar surface area (TPSA) is 120 Å². The first-order chi connectivity index (χ1) is 13.4. The summed E-state index contributed by atoms with van der Waals surface area (Å²) in [6.45, 7) is 0.460. The van der Waals surface area contributed by atoms with E-state index in [0.29, 0.717) is 11.4 Å². The summed E-state index contributed by atoms with van der Waals surface area (Å²) in [6, 6.07) is 17.1. The van der Waals surface area contributed by atoms with Gasteiger partial charge in [0.1, 0.15) is 0 Å². The maximum Gasteiger partial charge on any atom is 0.411 e. The second-order valence-corrected chi connectivity index (χ2v) is 5.97. The SMILES string of the molecule is CCC(COC(=O)Nc1ccccc1)(COC(=O)Nc1ccccc1)[N+](=O)[O-]. The molecule has 2 aromatic carbocycles. The van der Waals surface area contributed by atoms with Crippen molar-refractivity contribution in [3.8, 4) is 0 Å². The molecule has 0 aliphatic carbocycles. The summed E-state index contributed by atoms with van der Waals surface area (Å²) in [5.41, 5.74) is -0.759. The van der Waals surface area contributed by atoms with Crippen LogP contribution in [-0.2, 0) is 9.47 Å². The number of benzene rings is 2. The van der Waals surface area contributed by atoms with E-state index in [1.54, 1.807) is 67.6 Å². The Hall–Kier alpha value is -3.62. The van der Waals surface area contributed by atoms with E-state index in [1.807, 2.05) is 0 Å². The molecule has 0 unspecified atom stereocenters. The third-order valence-electron chi connectivity index (χ3n) is 4.03. The minimum absolute atomic E-state index is 0.00274. The summed E-state index contributed by atoms with van der Waals surface area (Å²) in [4.78, 5) is 34.8. The van der Waals surface area contributed by atoms with E-state index in [1.165, 1.54) is 0 Å². The van der Waals surface area contributed by atoms with E-state index >= 15 is 0 Å². The number of anilines is 2. The molecule has 148 valence electrons. The lowest BCUT2D eigenvalue weighted by Gasteiger charge is -2.23. The van der Waals surface area contributed by atoms with Crippen molar-refractivity contribution in [2.45, 2.75) is 18.9 Å². The lowest BCUT2D eigenvalue weighted by molar-refractivity contribution is -0.576. The van der Waals surface area contributed by atoms with Crippen molar-refractivity contribution in [2.75, 3.05) is 23.8 Å². The molecule has 0 saturated heterocycles. The van der Waals surface area contributed by atoms with Gasteiger partial charge in [0, 0.05) is 22.7 Å². The standard InChI is InChI=1S/C19H21N3O6/c1-2-19(22(25)26,13-27-17(23)20-15-9-5-3-6-10-15)14-28-18(24)21-16-11-7-4-8-12-16/h3-12H,2,13-14H2,1H3,(H,20,23)(H,21,24). The third-order valence-corrected chi connectivity index (χ3v) is 4.03. The van der Waals surface area contributed by atoms with Crippen LogP contribution >= 0.6 is 0 Å². The van der Waals surface area contributed by atoms with E-state index in [2.05, 4.69) is 10.6 Å². The first-order valence-corrected chi connectivity index (χ1v) is 8.57. The van der Waals surface area contributed by atoms with Crippen LogP contribution < -0.4 is 10.6 Å². The van der Waals surface area contributed by atoms with Gasteiger partial charge in [-0.1, -0.05) is 43.3 Å². The summed E-state index contributed by atoms with van der Waals surface area (Å²) < 4.78 is 10.0. The predicted molar refractivity (Wildman–Crippen MR) is 103 cm³/mol. The Morgan fingerprint density at radius 1 is 0.893 bits per heavy atom. The van der Waals surface area contributed by atoms with Crippen molar-refractivity contribution >= 4 is 23.6 Å². The zero-order valence-electron chi connectivity index (χ0n) is 15.3. The molecule has 9 nitrogen and oxygen atoms in total. The Morgan fingerprint density at radius 2 is 1.29 bits per heavy atom. The van der Waals surface area contributed by atoms with Crippen molar-refractivity contribution in [3.63, 3.8) is 0 Å². The van der Waals surface area contributed by atoms with Crippen LogP contribution in [0.5, 0.6) is 0 Å². The van der Waals surface area contributed by atoms with E-state index in [9.17, 15) is 19.7 Å². The quantitative estimate of drug-likeness (QED) is 0.523. The van der Waals surface area contributed by atoms with Crippen LogP contribution in [0, 0.1) is 10.1 Å².